The van der Waals surface area contributed by atoms with Crippen LogP contribution in [0.3, 0.4) is 0 Å². The van der Waals surface area contributed by atoms with Crippen LogP contribution in [0.1, 0.15) is 42.9 Å². The van der Waals surface area contributed by atoms with Crippen LogP contribution in [0.2, 0.25) is 0 Å². The van der Waals surface area contributed by atoms with Crippen molar-refractivity contribution in [3.8, 4) is 0 Å². The number of likely N-dealkylation sites (tertiary alicyclic amines) is 1. The molecular weight excluding hydrogens is 370 g/mol. The van der Waals surface area contributed by atoms with Gasteiger partial charge in [0.15, 0.2) is 6.10 Å². The smallest absolute Gasteiger partial charge is 0.255 e. The number of imidazole rings is 1. The number of carbonyl (C=O) groups is 2. The number of hydrogen-bond acceptors (Lipinski definition) is 5. The highest BCUT2D eigenvalue weighted by molar-refractivity contribution is 5.93. The fraction of sp³-hybridized carbons (Fsp3) is 0.524. The highest BCUT2D eigenvalue weighted by Gasteiger charge is 2.48. The van der Waals surface area contributed by atoms with E-state index in [1.807, 2.05) is 29.5 Å². The van der Waals surface area contributed by atoms with Crippen molar-refractivity contribution in [2.24, 2.45) is 0 Å². The number of ether oxygens (including phenoxy) is 1. The lowest BCUT2D eigenvalue weighted by Gasteiger charge is -2.46. The van der Waals surface area contributed by atoms with Crippen LogP contribution in [-0.2, 0) is 21.7 Å². The number of fused-ring (bicyclic) bond motifs is 2. The van der Waals surface area contributed by atoms with Crippen molar-refractivity contribution in [1.82, 2.24) is 24.3 Å². The largest absolute Gasteiger partial charge is 0.352 e. The van der Waals surface area contributed by atoms with Gasteiger partial charge in [-0.3, -0.25) is 14.6 Å². The van der Waals surface area contributed by atoms with Crippen LogP contribution in [0, 0.1) is 0 Å². The van der Waals surface area contributed by atoms with E-state index in [4.69, 9.17) is 4.74 Å². The van der Waals surface area contributed by atoms with Crippen LogP contribution >= 0.6 is 0 Å². The molecule has 1 spiro atoms. The number of hydrogen-bond donors (Lipinski definition) is 0. The van der Waals surface area contributed by atoms with Crippen molar-refractivity contribution in [2.75, 3.05) is 26.2 Å². The van der Waals surface area contributed by atoms with E-state index in [0.29, 0.717) is 51.1 Å². The summed E-state index contributed by atoms with van der Waals surface area (Å²) in [6, 6.07) is 3.55. The molecule has 1 unspecified atom stereocenters. The van der Waals surface area contributed by atoms with E-state index in [2.05, 4.69) is 9.97 Å². The Morgan fingerprint density at radius 2 is 2.00 bits per heavy atom. The Morgan fingerprint density at radius 3 is 2.66 bits per heavy atom. The molecule has 2 aliphatic rings. The summed E-state index contributed by atoms with van der Waals surface area (Å²) in [7, 11) is 0. The predicted octanol–water partition coefficient (Wildman–Crippen LogP) is 1.68. The van der Waals surface area contributed by atoms with Gasteiger partial charge in [-0.25, -0.2) is 4.98 Å². The van der Waals surface area contributed by atoms with Gasteiger partial charge in [0.25, 0.3) is 11.8 Å². The molecule has 1 fully saturated rings. The molecule has 4 heterocycles. The van der Waals surface area contributed by atoms with Gasteiger partial charge in [-0.15, -0.1) is 0 Å². The van der Waals surface area contributed by atoms with Crippen molar-refractivity contribution in [1.29, 1.82) is 0 Å². The average molecular weight is 397 g/mol. The van der Waals surface area contributed by atoms with Crippen molar-refractivity contribution >= 4 is 11.8 Å². The summed E-state index contributed by atoms with van der Waals surface area (Å²) in [5.74, 6) is 0.847. The minimum Gasteiger partial charge on any atom is -0.352 e. The van der Waals surface area contributed by atoms with Gasteiger partial charge in [0.1, 0.15) is 11.4 Å². The fourth-order valence-electron chi connectivity index (χ4n) is 4.35. The first-order valence-corrected chi connectivity index (χ1v) is 10.3. The van der Waals surface area contributed by atoms with E-state index in [1.54, 1.807) is 35.6 Å². The summed E-state index contributed by atoms with van der Waals surface area (Å²) in [6.45, 7) is 6.85. The zero-order valence-corrected chi connectivity index (χ0v) is 17.0. The average Bonchev–Trinajstić information content (AvgIpc) is 3.25. The van der Waals surface area contributed by atoms with Crippen LogP contribution in [0.4, 0.5) is 0 Å². The minimum atomic E-state index is -0.638. The monoisotopic (exact) mass is 397 g/mol. The van der Waals surface area contributed by atoms with Crippen molar-refractivity contribution in [3.63, 3.8) is 0 Å². The highest BCUT2D eigenvalue weighted by atomic mass is 16.5. The fourth-order valence-corrected chi connectivity index (χ4v) is 4.35. The molecule has 2 aromatic rings. The number of aromatic nitrogens is 3. The second-order valence-electron chi connectivity index (χ2n) is 7.55. The molecule has 8 heteroatoms. The summed E-state index contributed by atoms with van der Waals surface area (Å²) in [4.78, 5) is 38.0. The molecule has 29 heavy (non-hydrogen) atoms. The quantitative estimate of drug-likeness (QED) is 0.784. The molecule has 0 aliphatic carbocycles. The van der Waals surface area contributed by atoms with Gasteiger partial charge >= 0.3 is 0 Å². The maximum Gasteiger partial charge on any atom is 0.255 e. The van der Waals surface area contributed by atoms with E-state index in [9.17, 15) is 9.59 Å². The molecule has 0 aromatic carbocycles. The zero-order valence-electron chi connectivity index (χ0n) is 17.0. The van der Waals surface area contributed by atoms with Gasteiger partial charge in [0.2, 0.25) is 0 Å². The standard InChI is InChI=1S/C21H27N5O3/c1-3-24(4-2)19(28)17-15-26-13-10-23-20(26)21(29-17)7-11-25(12-8-21)18(27)16-6-5-9-22-14-16/h5-6,9-10,13-14,17H,3-4,7-8,11-12,15H2,1-2H3. The minimum absolute atomic E-state index is 0.0163. The van der Waals surface area contributed by atoms with Crippen molar-refractivity contribution < 1.29 is 14.3 Å². The summed E-state index contributed by atoms with van der Waals surface area (Å²) in [6.07, 6.45) is 7.61. The molecular formula is C21H27N5O3. The molecule has 2 aromatic heterocycles. The lowest BCUT2D eigenvalue weighted by molar-refractivity contribution is -0.179. The number of pyridine rings is 1. The molecule has 0 saturated carbocycles. The molecule has 0 radical (unpaired) electrons. The Hall–Kier alpha value is -2.74. The molecule has 154 valence electrons. The van der Waals surface area contributed by atoms with Crippen molar-refractivity contribution in [2.45, 2.75) is 44.9 Å². The predicted molar refractivity (Wildman–Crippen MR) is 106 cm³/mol. The normalized spacial score (nSPS) is 20.3. The SMILES string of the molecule is CCN(CC)C(=O)C1Cn2ccnc2C2(CCN(C(=O)c3cccnc3)CC2)O1. The third-order valence-electron chi connectivity index (χ3n) is 5.97. The third kappa shape index (κ3) is 3.53. The number of carbonyl (C=O) groups excluding carboxylic acids is 2. The second kappa shape index (κ2) is 7.94. The van der Waals surface area contributed by atoms with E-state index in [0.717, 1.165) is 5.82 Å². The molecule has 4 rings (SSSR count). The summed E-state index contributed by atoms with van der Waals surface area (Å²) in [5, 5.41) is 0. The van der Waals surface area contributed by atoms with Gasteiger partial charge in [-0.2, -0.15) is 0 Å². The lowest BCUT2D eigenvalue weighted by Crippen LogP contribution is -2.55. The topological polar surface area (TPSA) is 80.6 Å². The van der Waals surface area contributed by atoms with Gasteiger partial charge in [-0.1, -0.05) is 0 Å². The first-order chi connectivity index (χ1) is 14.1. The van der Waals surface area contributed by atoms with Gasteiger partial charge in [0.05, 0.1) is 12.1 Å². The van der Waals surface area contributed by atoms with E-state index >= 15 is 0 Å². The number of rotatable bonds is 4. The Bertz CT molecular complexity index is 869. The first kappa shape index (κ1) is 19.6. The third-order valence-corrected chi connectivity index (χ3v) is 5.97. The van der Waals surface area contributed by atoms with Gasteiger partial charge in [0, 0.05) is 63.8 Å². The molecule has 1 saturated heterocycles. The van der Waals surface area contributed by atoms with E-state index < -0.39 is 11.7 Å². The zero-order chi connectivity index (χ0) is 20.4. The van der Waals surface area contributed by atoms with Crippen LogP contribution in [0.5, 0.6) is 0 Å². The molecule has 1 atom stereocenters. The maximum atomic E-state index is 13.0. The van der Waals surface area contributed by atoms with Gasteiger partial charge in [-0.05, 0) is 26.0 Å². The molecule has 0 N–H and O–H groups in total. The Balaban J connectivity index is 1.53. The van der Waals surface area contributed by atoms with E-state index in [-0.39, 0.29) is 11.8 Å². The molecule has 2 amide bonds. The van der Waals surface area contributed by atoms with Crippen LogP contribution in [0.15, 0.2) is 36.9 Å². The maximum absolute atomic E-state index is 13.0. The van der Waals surface area contributed by atoms with E-state index in [1.165, 1.54) is 0 Å². The number of piperidine rings is 1. The highest BCUT2D eigenvalue weighted by Crippen LogP contribution is 2.40. The Morgan fingerprint density at radius 1 is 1.24 bits per heavy atom. The molecule has 2 aliphatic heterocycles. The van der Waals surface area contributed by atoms with Crippen molar-refractivity contribution in [3.05, 3.63) is 48.3 Å². The molecule has 8 nitrogen and oxygen atoms in total. The first-order valence-electron chi connectivity index (χ1n) is 10.3. The summed E-state index contributed by atoms with van der Waals surface area (Å²) < 4.78 is 8.49. The second-order valence-corrected chi connectivity index (χ2v) is 7.55. The number of likely N-dealkylation sites (N-methyl/N-ethyl adjacent to an activating group) is 1. The van der Waals surface area contributed by atoms with Crippen LogP contribution < -0.4 is 0 Å². The van der Waals surface area contributed by atoms with Crippen LogP contribution in [0.25, 0.3) is 0 Å². The summed E-state index contributed by atoms with van der Waals surface area (Å²) in [5.41, 5.74) is -0.0508. The summed E-state index contributed by atoms with van der Waals surface area (Å²) >= 11 is 0. The van der Waals surface area contributed by atoms with Crippen LogP contribution in [-0.4, -0.2) is 68.4 Å². The Kier molecular flexibility index (Phi) is 5.36. The number of amides is 2. The molecule has 0 bridgehead atoms. The van der Waals surface area contributed by atoms with Gasteiger partial charge < -0.3 is 19.1 Å². The Labute approximate surface area is 170 Å². The number of nitrogens with zero attached hydrogens (tertiary/aromatic N) is 5. The lowest BCUT2D eigenvalue weighted by atomic mass is 9.88.